The van der Waals surface area contributed by atoms with E-state index in [1.54, 1.807) is 14.2 Å². The molecule has 6 nitrogen and oxygen atoms in total. The standard InChI is InChI=1S/C13H21NO5/c1-16-7-11-12(8-17-2)19-13(15)14-9-5-3-4-6-10(9)18-11/h6,9,11-12H,3-5,7-8H2,1-2H3,(H,14,15)/t9-,11-,12-/m1/s1. The van der Waals surface area contributed by atoms with Crippen molar-refractivity contribution in [3.05, 3.63) is 11.8 Å². The Morgan fingerprint density at radius 1 is 1.26 bits per heavy atom. The Hall–Kier alpha value is -1.27. The van der Waals surface area contributed by atoms with Gasteiger partial charge in [0.1, 0.15) is 5.76 Å². The normalized spacial score (nSPS) is 30.9. The van der Waals surface area contributed by atoms with Crippen LogP contribution in [0.25, 0.3) is 0 Å². The van der Waals surface area contributed by atoms with E-state index in [-0.39, 0.29) is 18.8 Å². The molecule has 0 radical (unpaired) electrons. The van der Waals surface area contributed by atoms with Gasteiger partial charge in [-0.3, -0.25) is 0 Å². The van der Waals surface area contributed by atoms with Gasteiger partial charge in [-0.05, 0) is 25.3 Å². The summed E-state index contributed by atoms with van der Waals surface area (Å²) in [7, 11) is 3.16. The quantitative estimate of drug-likeness (QED) is 0.832. The molecule has 0 aromatic rings. The molecule has 1 aliphatic carbocycles. The molecule has 1 fully saturated rings. The Balaban J connectivity index is 2.15. The van der Waals surface area contributed by atoms with Gasteiger partial charge in [0.15, 0.2) is 12.2 Å². The summed E-state index contributed by atoms with van der Waals surface area (Å²) in [5, 5.41) is 2.82. The van der Waals surface area contributed by atoms with Crippen molar-refractivity contribution in [3.63, 3.8) is 0 Å². The first-order valence-electron chi connectivity index (χ1n) is 6.56. The maximum absolute atomic E-state index is 11.8. The molecule has 0 unspecified atom stereocenters. The van der Waals surface area contributed by atoms with E-state index in [2.05, 4.69) is 5.32 Å². The zero-order valence-electron chi connectivity index (χ0n) is 11.4. The number of hydrogen-bond acceptors (Lipinski definition) is 5. The van der Waals surface area contributed by atoms with E-state index in [0.29, 0.717) is 6.61 Å². The number of amides is 1. The van der Waals surface area contributed by atoms with Crippen LogP contribution in [0.1, 0.15) is 19.3 Å². The van der Waals surface area contributed by atoms with Gasteiger partial charge in [0.2, 0.25) is 0 Å². The molecule has 1 N–H and O–H groups in total. The monoisotopic (exact) mass is 271 g/mol. The smallest absolute Gasteiger partial charge is 0.408 e. The highest BCUT2D eigenvalue weighted by atomic mass is 16.6. The molecule has 1 aliphatic heterocycles. The Kier molecular flexibility index (Phi) is 5.04. The summed E-state index contributed by atoms with van der Waals surface area (Å²) >= 11 is 0. The number of cyclic esters (lactones) is 1. The third kappa shape index (κ3) is 3.61. The summed E-state index contributed by atoms with van der Waals surface area (Å²) in [4.78, 5) is 11.8. The predicted octanol–water partition coefficient (Wildman–Crippen LogP) is 1.21. The number of carbonyl (C=O) groups excluding carboxylic acids is 1. The molecule has 6 heteroatoms. The number of hydrogen-bond donors (Lipinski definition) is 1. The molecule has 2 rings (SSSR count). The Labute approximate surface area is 113 Å². The van der Waals surface area contributed by atoms with E-state index < -0.39 is 12.2 Å². The van der Waals surface area contributed by atoms with Crippen molar-refractivity contribution in [1.82, 2.24) is 5.32 Å². The van der Waals surface area contributed by atoms with Crippen molar-refractivity contribution in [2.24, 2.45) is 0 Å². The highest BCUT2D eigenvalue weighted by molar-refractivity contribution is 5.68. The lowest BCUT2D eigenvalue weighted by Crippen LogP contribution is -2.49. The molecule has 0 aromatic heterocycles. The zero-order valence-corrected chi connectivity index (χ0v) is 11.4. The number of alkyl carbamates (subject to hydrolysis) is 1. The molecule has 3 atom stereocenters. The SMILES string of the molecule is COC[C@H]1OC(=O)N[C@@H]2CCCC=C2O[C@@H]1COC. The van der Waals surface area contributed by atoms with E-state index in [1.165, 1.54) is 0 Å². The van der Waals surface area contributed by atoms with Crippen LogP contribution in [0.4, 0.5) is 4.79 Å². The number of carbonyl (C=O) groups is 1. The van der Waals surface area contributed by atoms with E-state index in [0.717, 1.165) is 25.0 Å². The van der Waals surface area contributed by atoms with Crippen LogP contribution in [-0.2, 0) is 18.9 Å². The summed E-state index contributed by atoms with van der Waals surface area (Å²) in [5.41, 5.74) is 0. The van der Waals surface area contributed by atoms with E-state index in [4.69, 9.17) is 18.9 Å². The first-order valence-corrected chi connectivity index (χ1v) is 6.56. The molecule has 1 amide bonds. The van der Waals surface area contributed by atoms with Gasteiger partial charge in [-0.2, -0.15) is 0 Å². The largest absolute Gasteiger partial charge is 0.487 e. The van der Waals surface area contributed by atoms with E-state index >= 15 is 0 Å². The highest BCUT2D eigenvalue weighted by Gasteiger charge is 2.34. The summed E-state index contributed by atoms with van der Waals surface area (Å²) in [6.45, 7) is 0.630. The average molecular weight is 271 g/mol. The molecule has 1 heterocycles. The second-order valence-corrected chi connectivity index (χ2v) is 4.75. The Bertz CT molecular complexity index is 344. The van der Waals surface area contributed by atoms with E-state index in [9.17, 15) is 4.79 Å². The van der Waals surface area contributed by atoms with Gasteiger partial charge in [-0.1, -0.05) is 0 Å². The summed E-state index contributed by atoms with van der Waals surface area (Å²) in [6, 6.07) is -0.0934. The van der Waals surface area contributed by atoms with Crippen LogP contribution in [0, 0.1) is 0 Å². The summed E-state index contributed by atoms with van der Waals surface area (Å²) < 4.78 is 21.5. The fourth-order valence-corrected chi connectivity index (χ4v) is 2.38. The summed E-state index contributed by atoms with van der Waals surface area (Å²) in [5.74, 6) is 0.811. The topological polar surface area (TPSA) is 66.0 Å². The molecule has 2 aliphatic rings. The van der Waals surface area contributed by atoms with E-state index in [1.807, 2.05) is 6.08 Å². The van der Waals surface area contributed by atoms with Crippen LogP contribution < -0.4 is 5.32 Å². The minimum atomic E-state index is -0.478. The van der Waals surface area contributed by atoms with Crippen LogP contribution in [-0.4, -0.2) is 51.8 Å². The molecule has 19 heavy (non-hydrogen) atoms. The third-order valence-corrected chi connectivity index (χ3v) is 3.30. The van der Waals surface area contributed by atoms with Crippen molar-refractivity contribution in [1.29, 1.82) is 0 Å². The van der Waals surface area contributed by atoms with Crippen LogP contribution in [0.5, 0.6) is 0 Å². The number of allylic oxidation sites excluding steroid dienone is 1. The number of methoxy groups -OCH3 is 2. The third-order valence-electron chi connectivity index (χ3n) is 3.30. The van der Waals surface area contributed by atoms with Gasteiger partial charge in [-0.15, -0.1) is 0 Å². The lowest BCUT2D eigenvalue weighted by molar-refractivity contribution is -0.0872. The predicted molar refractivity (Wildman–Crippen MR) is 67.8 cm³/mol. The zero-order chi connectivity index (χ0) is 13.7. The maximum Gasteiger partial charge on any atom is 0.408 e. The fraction of sp³-hybridized carbons (Fsp3) is 0.769. The first kappa shape index (κ1) is 14.1. The number of nitrogens with one attached hydrogen (secondary N) is 1. The van der Waals surface area contributed by atoms with Crippen LogP contribution in [0.15, 0.2) is 11.8 Å². The molecule has 0 spiro atoms. The Morgan fingerprint density at radius 3 is 2.63 bits per heavy atom. The number of rotatable bonds is 4. The lowest BCUT2D eigenvalue weighted by Gasteiger charge is -2.35. The average Bonchev–Trinajstić information content (AvgIpc) is 2.38. The van der Waals surface area contributed by atoms with Crippen molar-refractivity contribution in [2.75, 3.05) is 27.4 Å². The van der Waals surface area contributed by atoms with Gasteiger partial charge in [0.25, 0.3) is 0 Å². The van der Waals surface area contributed by atoms with Crippen molar-refractivity contribution < 1.29 is 23.7 Å². The number of fused-ring (bicyclic) bond motifs is 1. The Morgan fingerprint density at radius 2 is 1.95 bits per heavy atom. The van der Waals surface area contributed by atoms with Crippen molar-refractivity contribution in [3.8, 4) is 0 Å². The lowest BCUT2D eigenvalue weighted by atomic mass is 10.0. The molecule has 0 bridgehead atoms. The van der Waals surface area contributed by atoms with Crippen LogP contribution in [0.2, 0.25) is 0 Å². The van der Waals surface area contributed by atoms with Crippen LogP contribution >= 0.6 is 0 Å². The molecule has 0 aromatic carbocycles. The highest BCUT2D eigenvalue weighted by Crippen LogP contribution is 2.24. The maximum atomic E-state index is 11.8. The molecule has 1 saturated heterocycles. The van der Waals surface area contributed by atoms with Gasteiger partial charge in [-0.25, -0.2) is 4.79 Å². The van der Waals surface area contributed by atoms with Gasteiger partial charge in [0.05, 0.1) is 19.3 Å². The summed E-state index contributed by atoms with van der Waals surface area (Å²) in [6.07, 6.45) is 3.66. The molecular weight excluding hydrogens is 250 g/mol. The molecule has 0 saturated carbocycles. The minimum Gasteiger partial charge on any atom is -0.487 e. The van der Waals surface area contributed by atoms with Crippen molar-refractivity contribution >= 4 is 6.09 Å². The second kappa shape index (κ2) is 6.77. The first-order chi connectivity index (χ1) is 9.24. The fourth-order valence-electron chi connectivity index (χ4n) is 2.38. The van der Waals surface area contributed by atoms with Gasteiger partial charge in [0, 0.05) is 14.2 Å². The van der Waals surface area contributed by atoms with Gasteiger partial charge < -0.3 is 24.3 Å². The molecular formula is C13H21NO5. The molecule has 108 valence electrons. The van der Waals surface area contributed by atoms with Crippen LogP contribution in [0.3, 0.4) is 0 Å². The van der Waals surface area contributed by atoms with Crippen molar-refractivity contribution in [2.45, 2.75) is 37.5 Å². The number of ether oxygens (including phenoxy) is 4. The second-order valence-electron chi connectivity index (χ2n) is 4.75. The van der Waals surface area contributed by atoms with Gasteiger partial charge >= 0.3 is 6.09 Å². The minimum absolute atomic E-state index is 0.0934.